The van der Waals surface area contributed by atoms with Crippen LogP contribution in [0.3, 0.4) is 0 Å². The number of hydrogen-bond acceptors (Lipinski definition) is 1. The van der Waals surface area contributed by atoms with Gasteiger partial charge in [-0.25, -0.2) is 4.39 Å². The molecule has 1 atom stereocenters. The molecule has 126 valence electrons. The second-order valence-corrected chi connectivity index (χ2v) is 6.07. The SMILES string of the molecule is Cc1ccccc1CC(=O)NC(c1ccccc1)c1ccc(F)cc1. The topological polar surface area (TPSA) is 29.1 Å². The number of carbonyl (C=O) groups is 1. The predicted octanol–water partition coefficient (Wildman–Crippen LogP) is 4.58. The van der Waals surface area contributed by atoms with Crippen LogP contribution in [0.1, 0.15) is 28.3 Å². The van der Waals surface area contributed by atoms with Crippen molar-refractivity contribution in [2.24, 2.45) is 0 Å². The molecule has 0 aliphatic heterocycles. The monoisotopic (exact) mass is 333 g/mol. The molecule has 0 saturated carbocycles. The minimum absolute atomic E-state index is 0.0625. The van der Waals surface area contributed by atoms with Crippen LogP contribution >= 0.6 is 0 Å². The minimum atomic E-state index is -0.307. The van der Waals surface area contributed by atoms with Crippen LogP contribution in [0.4, 0.5) is 4.39 Å². The first kappa shape index (κ1) is 16.9. The molecule has 0 bridgehead atoms. The molecule has 3 aromatic carbocycles. The number of amides is 1. The number of carbonyl (C=O) groups excluding carboxylic acids is 1. The average Bonchev–Trinajstić information content (AvgIpc) is 2.63. The van der Waals surface area contributed by atoms with Gasteiger partial charge in [0.25, 0.3) is 0 Å². The molecule has 1 N–H and O–H groups in total. The summed E-state index contributed by atoms with van der Waals surface area (Å²) in [5.41, 5.74) is 3.92. The van der Waals surface area contributed by atoms with E-state index in [9.17, 15) is 9.18 Å². The van der Waals surface area contributed by atoms with Gasteiger partial charge in [0.2, 0.25) is 5.91 Å². The third-order valence-electron chi connectivity index (χ3n) is 4.25. The van der Waals surface area contributed by atoms with Crippen LogP contribution < -0.4 is 5.32 Å². The van der Waals surface area contributed by atoms with Crippen molar-refractivity contribution < 1.29 is 9.18 Å². The molecule has 2 nitrogen and oxygen atoms in total. The molecule has 1 unspecified atom stereocenters. The zero-order chi connectivity index (χ0) is 17.6. The fraction of sp³-hybridized carbons (Fsp3) is 0.136. The molecule has 0 aliphatic rings. The third-order valence-corrected chi connectivity index (χ3v) is 4.25. The fourth-order valence-corrected chi connectivity index (χ4v) is 2.85. The molecule has 0 fully saturated rings. The van der Waals surface area contributed by atoms with Gasteiger partial charge in [0.15, 0.2) is 0 Å². The maximum Gasteiger partial charge on any atom is 0.225 e. The van der Waals surface area contributed by atoms with E-state index < -0.39 is 0 Å². The Balaban J connectivity index is 1.84. The van der Waals surface area contributed by atoms with E-state index in [0.29, 0.717) is 6.42 Å². The lowest BCUT2D eigenvalue weighted by Gasteiger charge is -2.20. The summed E-state index contributed by atoms with van der Waals surface area (Å²) in [6, 6.07) is 23.5. The van der Waals surface area contributed by atoms with Crippen molar-refractivity contribution >= 4 is 5.91 Å². The Morgan fingerprint density at radius 2 is 1.48 bits per heavy atom. The number of nitrogens with one attached hydrogen (secondary N) is 1. The molecule has 0 radical (unpaired) electrons. The number of benzene rings is 3. The molecular formula is C22H20FNO. The molecule has 3 heteroatoms. The Bertz CT molecular complexity index is 843. The average molecular weight is 333 g/mol. The molecule has 0 spiro atoms. The minimum Gasteiger partial charge on any atom is -0.345 e. The van der Waals surface area contributed by atoms with Gasteiger partial charge in [0.1, 0.15) is 5.82 Å². The standard InChI is InChI=1S/C22H20FNO/c1-16-7-5-6-10-19(16)15-21(25)24-22(17-8-3-2-4-9-17)18-11-13-20(23)14-12-18/h2-14,22H,15H2,1H3,(H,24,25). The van der Waals surface area contributed by atoms with Crippen LogP contribution in [0.25, 0.3) is 0 Å². The third kappa shape index (κ3) is 4.32. The van der Waals surface area contributed by atoms with E-state index in [1.54, 1.807) is 12.1 Å². The van der Waals surface area contributed by atoms with Gasteiger partial charge < -0.3 is 5.32 Å². The molecule has 1 amide bonds. The smallest absolute Gasteiger partial charge is 0.225 e. The summed E-state index contributed by atoms with van der Waals surface area (Å²) in [7, 11) is 0. The number of halogens is 1. The van der Waals surface area contributed by atoms with E-state index in [1.807, 2.05) is 61.5 Å². The number of rotatable bonds is 5. The highest BCUT2D eigenvalue weighted by Gasteiger charge is 2.17. The summed E-state index contributed by atoms with van der Waals surface area (Å²) in [5.74, 6) is -0.353. The molecule has 25 heavy (non-hydrogen) atoms. The zero-order valence-corrected chi connectivity index (χ0v) is 14.1. The summed E-state index contributed by atoms with van der Waals surface area (Å²) in [6.07, 6.45) is 0.317. The molecule has 0 aliphatic carbocycles. The molecule has 3 rings (SSSR count). The summed E-state index contributed by atoms with van der Waals surface area (Å²) in [4.78, 5) is 12.6. The van der Waals surface area contributed by atoms with Gasteiger partial charge in [-0.1, -0.05) is 66.7 Å². The normalized spacial score (nSPS) is 11.8. The van der Waals surface area contributed by atoms with E-state index in [1.165, 1.54) is 12.1 Å². The van der Waals surface area contributed by atoms with E-state index in [0.717, 1.165) is 22.3 Å². The van der Waals surface area contributed by atoms with E-state index >= 15 is 0 Å². The zero-order valence-electron chi connectivity index (χ0n) is 14.1. The molecule has 3 aromatic rings. The first-order valence-corrected chi connectivity index (χ1v) is 8.28. The van der Waals surface area contributed by atoms with Crippen LogP contribution in [-0.4, -0.2) is 5.91 Å². The highest BCUT2D eigenvalue weighted by Crippen LogP contribution is 2.22. The van der Waals surface area contributed by atoms with E-state index in [4.69, 9.17) is 0 Å². The van der Waals surface area contributed by atoms with Gasteiger partial charge in [-0.3, -0.25) is 4.79 Å². The van der Waals surface area contributed by atoms with Crippen LogP contribution in [0, 0.1) is 12.7 Å². The van der Waals surface area contributed by atoms with E-state index in [-0.39, 0.29) is 17.8 Å². The van der Waals surface area contributed by atoms with Crippen molar-refractivity contribution in [3.05, 3.63) is 107 Å². The summed E-state index contributed by atoms with van der Waals surface area (Å²) in [6.45, 7) is 2.00. The Kier molecular flexibility index (Phi) is 5.24. The van der Waals surface area contributed by atoms with Gasteiger partial charge in [0, 0.05) is 0 Å². The summed E-state index contributed by atoms with van der Waals surface area (Å²) in [5, 5.41) is 3.08. The predicted molar refractivity (Wildman–Crippen MR) is 97.7 cm³/mol. The lowest BCUT2D eigenvalue weighted by atomic mass is 9.98. The van der Waals surface area contributed by atoms with Crippen LogP contribution in [0.5, 0.6) is 0 Å². The Hall–Kier alpha value is -2.94. The summed E-state index contributed by atoms with van der Waals surface area (Å²) < 4.78 is 13.3. The van der Waals surface area contributed by atoms with Crippen molar-refractivity contribution in [3.63, 3.8) is 0 Å². The first-order chi connectivity index (χ1) is 12.1. The number of aryl methyl sites for hydroxylation is 1. The quantitative estimate of drug-likeness (QED) is 0.727. The van der Waals surface area contributed by atoms with Crippen LogP contribution in [0.15, 0.2) is 78.9 Å². The van der Waals surface area contributed by atoms with Crippen molar-refractivity contribution in [2.45, 2.75) is 19.4 Å². The van der Waals surface area contributed by atoms with Crippen molar-refractivity contribution in [1.29, 1.82) is 0 Å². The molecule has 0 heterocycles. The number of hydrogen-bond donors (Lipinski definition) is 1. The van der Waals surface area contributed by atoms with Gasteiger partial charge in [-0.15, -0.1) is 0 Å². The Morgan fingerprint density at radius 1 is 0.880 bits per heavy atom. The highest BCUT2D eigenvalue weighted by atomic mass is 19.1. The molecular weight excluding hydrogens is 313 g/mol. The van der Waals surface area contributed by atoms with Gasteiger partial charge in [-0.2, -0.15) is 0 Å². The second kappa shape index (κ2) is 7.75. The molecule has 0 aromatic heterocycles. The first-order valence-electron chi connectivity index (χ1n) is 8.28. The van der Waals surface area contributed by atoms with Crippen molar-refractivity contribution in [3.8, 4) is 0 Å². The Labute approximate surface area is 147 Å². The highest BCUT2D eigenvalue weighted by molar-refractivity contribution is 5.79. The largest absolute Gasteiger partial charge is 0.345 e. The fourth-order valence-electron chi connectivity index (χ4n) is 2.85. The lowest BCUT2D eigenvalue weighted by Crippen LogP contribution is -2.30. The maximum absolute atomic E-state index is 13.3. The molecule has 0 saturated heterocycles. The van der Waals surface area contributed by atoms with Crippen molar-refractivity contribution in [1.82, 2.24) is 5.32 Å². The maximum atomic E-state index is 13.3. The Morgan fingerprint density at radius 3 is 2.16 bits per heavy atom. The van der Waals surface area contributed by atoms with Gasteiger partial charge >= 0.3 is 0 Å². The van der Waals surface area contributed by atoms with E-state index in [2.05, 4.69) is 5.32 Å². The second-order valence-electron chi connectivity index (χ2n) is 6.07. The van der Waals surface area contributed by atoms with Crippen molar-refractivity contribution in [2.75, 3.05) is 0 Å². The van der Waals surface area contributed by atoms with Crippen LogP contribution in [0.2, 0.25) is 0 Å². The summed E-state index contributed by atoms with van der Waals surface area (Å²) >= 11 is 0. The van der Waals surface area contributed by atoms with Gasteiger partial charge in [0.05, 0.1) is 12.5 Å². The van der Waals surface area contributed by atoms with Crippen LogP contribution in [-0.2, 0) is 11.2 Å². The lowest BCUT2D eigenvalue weighted by molar-refractivity contribution is -0.120. The van der Waals surface area contributed by atoms with Gasteiger partial charge in [-0.05, 0) is 41.3 Å².